The molecule has 1 nitrogen and oxygen atoms in total. The van der Waals surface area contributed by atoms with Crippen molar-refractivity contribution in [3.05, 3.63) is 143 Å². The molecule has 0 saturated carbocycles. The summed E-state index contributed by atoms with van der Waals surface area (Å²) in [6, 6.07) is 38.9. The third-order valence-electron chi connectivity index (χ3n) is 11.5. The van der Waals surface area contributed by atoms with E-state index in [0.29, 0.717) is 0 Å². The van der Waals surface area contributed by atoms with E-state index in [4.69, 9.17) is 0 Å². The number of hydrogen-bond acceptors (Lipinski definition) is 1. The topological polar surface area (TPSA) is 17.1 Å². The summed E-state index contributed by atoms with van der Waals surface area (Å²) in [4.78, 5) is 14.7. The van der Waals surface area contributed by atoms with E-state index in [2.05, 4.69) is 86.6 Å². The normalized spacial score (nSPS) is 13.0. The second-order valence-corrected chi connectivity index (χ2v) is 15.8. The average molecular weight is 721 g/mol. The first kappa shape index (κ1) is 41.2. The highest BCUT2D eigenvalue weighted by molar-refractivity contribution is 6.59. The fourth-order valence-electron chi connectivity index (χ4n) is 8.25. The first-order chi connectivity index (χ1) is 26.7. The molecule has 1 heteroatoms. The lowest BCUT2D eigenvalue weighted by molar-refractivity contribution is -0.108. The van der Waals surface area contributed by atoms with Crippen molar-refractivity contribution in [2.24, 2.45) is 0 Å². The molecule has 1 aliphatic rings. The van der Waals surface area contributed by atoms with Crippen LogP contribution in [0.3, 0.4) is 0 Å². The number of allylic oxidation sites excluding steroid dienone is 4. The van der Waals surface area contributed by atoms with E-state index in [0.717, 1.165) is 57.4 Å². The van der Waals surface area contributed by atoms with Gasteiger partial charge in [-0.3, -0.25) is 4.79 Å². The van der Waals surface area contributed by atoms with Gasteiger partial charge in [0.15, 0.2) is 5.78 Å². The smallest absolute Gasteiger partial charge is 0.195 e. The van der Waals surface area contributed by atoms with Crippen LogP contribution in [0.1, 0.15) is 176 Å². The van der Waals surface area contributed by atoms with E-state index >= 15 is 0 Å². The molecule has 4 aromatic rings. The van der Waals surface area contributed by atoms with Crippen molar-refractivity contribution in [1.82, 2.24) is 0 Å². The molecule has 0 fully saturated rings. The molecule has 0 bridgehead atoms. The van der Waals surface area contributed by atoms with Gasteiger partial charge in [-0.1, -0.05) is 239 Å². The number of carbonyl (C=O) groups excluding carboxylic acids is 1. The zero-order valence-electron chi connectivity index (χ0n) is 33.9. The molecule has 0 saturated heterocycles. The van der Waals surface area contributed by atoms with Gasteiger partial charge in [0.05, 0.1) is 0 Å². The summed E-state index contributed by atoms with van der Waals surface area (Å²) in [5, 5.41) is 0. The highest BCUT2D eigenvalue weighted by atomic mass is 16.1. The zero-order chi connectivity index (χ0) is 37.6. The van der Waals surface area contributed by atoms with E-state index in [1.807, 2.05) is 36.4 Å². The van der Waals surface area contributed by atoms with Crippen molar-refractivity contribution in [1.29, 1.82) is 0 Å². The molecule has 0 atom stereocenters. The quantitative estimate of drug-likeness (QED) is 0.0590. The minimum Gasteiger partial charge on any atom is -0.289 e. The third kappa shape index (κ3) is 12.5. The second-order valence-electron chi connectivity index (χ2n) is 15.8. The first-order valence-electron chi connectivity index (χ1n) is 22.0. The van der Waals surface area contributed by atoms with Crippen LogP contribution in [0.15, 0.2) is 109 Å². The van der Waals surface area contributed by atoms with Gasteiger partial charge in [-0.2, -0.15) is 0 Å². The van der Waals surface area contributed by atoms with Gasteiger partial charge in [-0.15, -0.1) is 0 Å². The molecule has 0 spiro atoms. The van der Waals surface area contributed by atoms with Crippen LogP contribution in [0, 0.1) is 0 Å². The first-order valence-corrected chi connectivity index (χ1v) is 22.0. The molecule has 4 aromatic carbocycles. The van der Waals surface area contributed by atoms with Crippen molar-refractivity contribution in [3.8, 4) is 0 Å². The highest BCUT2D eigenvalue weighted by Gasteiger charge is 2.35. The van der Waals surface area contributed by atoms with E-state index in [1.165, 1.54) is 140 Å². The summed E-state index contributed by atoms with van der Waals surface area (Å²) in [6.45, 7) is 4.58. The van der Waals surface area contributed by atoms with Crippen LogP contribution >= 0.6 is 0 Å². The Morgan fingerprint density at radius 1 is 0.296 bits per heavy atom. The lowest BCUT2D eigenvalue weighted by atomic mass is 9.88. The average Bonchev–Trinajstić information content (AvgIpc) is 3.52. The Bertz CT molecular complexity index is 1580. The summed E-state index contributed by atoms with van der Waals surface area (Å²) in [5.41, 5.74) is 10.7. The van der Waals surface area contributed by atoms with Crippen LogP contribution in [-0.4, -0.2) is 5.78 Å². The van der Waals surface area contributed by atoms with Gasteiger partial charge in [0.25, 0.3) is 0 Å². The monoisotopic (exact) mass is 721 g/mol. The van der Waals surface area contributed by atoms with E-state index < -0.39 is 0 Å². The predicted octanol–water partition coefficient (Wildman–Crippen LogP) is 15.7. The minimum absolute atomic E-state index is 0.112. The molecule has 0 heterocycles. The minimum atomic E-state index is 0.112. The Kier molecular flexibility index (Phi) is 18.1. The predicted molar refractivity (Wildman–Crippen MR) is 235 cm³/mol. The van der Waals surface area contributed by atoms with Crippen molar-refractivity contribution in [2.45, 2.75) is 155 Å². The number of rotatable bonds is 26. The van der Waals surface area contributed by atoms with Crippen molar-refractivity contribution >= 4 is 28.1 Å². The van der Waals surface area contributed by atoms with E-state index in [9.17, 15) is 4.79 Å². The van der Waals surface area contributed by atoms with E-state index in [1.54, 1.807) is 0 Å². The Morgan fingerprint density at radius 2 is 0.574 bits per heavy atom. The molecule has 5 rings (SSSR count). The van der Waals surface area contributed by atoms with Crippen LogP contribution in [0.25, 0.3) is 22.3 Å². The molecule has 0 N–H and O–H groups in total. The van der Waals surface area contributed by atoms with Gasteiger partial charge in [0.1, 0.15) is 0 Å². The van der Waals surface area contributed by atoms with Crippen molar-refractivity contribution in [2.75, 3.05) is 0 Å². The summed E-state index contributed by atoms with van der Waals surface area (Å²) in [7, 11) is 0. The second kappa shape index (κ2) is 23.7. The summed E-state index contributed by atoms with van der Waals surface area (Å²) < 4.78 is 0. The Morgan fingerprint density at radius 3 is 0.889 bits per heavy atom. The van der Waals surface area contributed by atoms with Crippen LogP contribution < -0.4 is 0 Å². The van der Waals surface area contributed by atoms with Crippen LogP contribution in [0.5, 0.6) is 0 Å². The maximum Gasteiger partial charge on any atom is 0.195 e. The summed E-state index contributed by atoms with van der Waals surface area (Å²) in [6.07, 6.45) is 29.3. The maximum atomic E-state index is 14.7. The van der Waals surface area contributed by atoms with E-state index in [-0.39, 0.29) is 5.78 Å². The van der Waals surface area contributed by atoms with Crippen molar-refractivity contribution < 1.29 is 4.79 Å². The molecular formula is C53H68O. The number of benzene rings is 4. The fourth-order valence-corrected chi connectivity index (χ4v) is 8.25. The highest BCUT2D eigenvalue weighted by Crippen LogP contribution is 2.49. The van der Waals surface area contributed by atoms with Gasteiger partial charge >= 0.3 is 0 Å². The molecule has 1 aliphatic carbocycles. The molecule has 0 amide bonds. The van der Waals surface area contributed by atoms with Gasteiger partial charge in [-0.05, 0) is 59.1 Å². The number of hydrogen-bond donors (Lipinski definition) is 0. The molecule has 0 aliphatic heterocycles. The molecular weight excluding hydrogens is 653 g/mol. The third-order valence-corrected chi connectivity index (χ3v) is 11.5. The van der Waals surface area contributed by atoms with Crippen molar-refractivity contribution in [3.63, 3.8) is 0 Å². The van der Waals surface area contributed by atoms with Crippen LogP contribution in [0.2, 0.25) is 0 Å². The molecule has 0 unspecified atom stereocenters. The maximum absolute atomic E-state index is 14.7. The lowest BCUT2D eigenvalue weighted by Gasteiger charge is -2.15. The summed E-state index contributed by atoms with van der Waals surface area (Å²) in [5.74, 6) is 0.112. The standard InChI is InChI=1S/C53H68O/c1-3-5-7-9-11-13-15-17-19-23-29-43-35-39-47(40-36-43)49-50(48-41-37-44(38-42-48)30-24-20-18-16-14-12-10-8-6-4-2)52(46-33-27-22-28-34-46)53(54)51(49)45-31-25-21-26-32-45/h21-22,25-28,31-42H,3-20,23-24,29-30H2,1-2H3. The van der Waals surface area contributed by atoms with Gasteiger partial charge in [-0.25, -0.2) is 0 Å². The summed E-state index contributed by atoms with van der Waals surface area (Å²) >= 11 is 0. The largest absolute Gasteiger partial charge is 0.289 e. The Balaban J connectivity index is 1.30. The van der Waals surface area contributed by atoms with Crippen LogP contribution in [0.4, 0.5) is 0 Å². The number of ketones is 1. The lowest BCUT2D eigenvalue weighted by Crippen LogP contribution is -2.01. The fraction of sp³-hybridized carbons (Fsp3) is 0.453. The number of carbonyl (C=O) groups is 1. The van der Waals surface area contributed by atoms with Gasteiger partial charge < -0.3 is 0 Å². The molecule has 0 aromatic heterocycles. The molecule has 286 valence electrons. The van der Waals surface area contributed by atoms with Crippen LogP contribution in [-0.2, 0) is 17.6 Å². The zero-order valence-corrected chi connectivity index (χ0v) is 33.9. The van der Waals surface area contributed by atoms with Gasteiger partial charge in [0.2, 0.25) is 0 Å². The Labute approximate surface area is 329 Å². The SMILES string of the molecule is CCCCCCCCCCCCc1ccc(C2=C(c3ccccc3)C(=O)C(c3ccccc3)=C2c2ccc(CCCCCCCCCCCC)cc2)cc1. The number of unbranched alkanes of at least 4 members (excludes halogenated alkanes) is 18. The van der Waals surface area contributed by atoms with Gasteiger partial charge in [0, 0.05) is 22.3 Å². The molecule has 54 heavy (non-hydrogen) atoms. The number of Topliss-reactive ketones (excluding diaryl/α,β-unsaturated/α-hetero) is 1. The Hall–Kier alpha value is -3.97. The number of aryl methyl sites for hydroxylation is 2. The molecule has 0 radical (unpaired) electrons.